The molecule has 4 nitrogen and oxygen atoms in total. The third-order valence-corrected chi connectivity index (χ3v) is 7.22. The van der Waals surface area contributed by atoms with Gasteiger partial charge >= 0.3 is 0 Å². The molecule has 0 atom stereocenters. The lowest BCUT2D eigenvalue weighted by Gasteiger charge is -2.34. The second kappa shape index (κ2) is 8.39. The van der Waals surface area contributed by atoms with Gasteiger partial charge in [0.2, 0.25) is 0 Å². The molecule has 6 heteroatoms. The molecule has 1 amide bonds. The molecule has 4 rings (SSSR count). The van der Waals surface area contributed by atoms with E-state index in [1.54, 1.807) is 12.1 Å². The van der Waals surface area contributed by atoms with Crippen molar-refractivity contribution in [2.75, 3.05) is 26.2 Å². The second-order valence-electron chi connectivity index (χ2n) is 6.92. The van der Waals surface area contributed by atoms with Crippen LogP contribution in [0, 0.1) is 0 Å². The Kier molecular flexibility index (Phi) is 5.71. The minimum atomic E-state index is 0.0136. The quantitative estimate of drug-likeness (QED) is 0.576. The Labute approximate surface area is 173 Å². The number of nitrogens with zero attached hydrogens (tertiary/aromatic N) is 2. The summed E-state index contributed by atoms with van der Waals surface area (Å²) in [5.41, 5.74) is 1.26. The Morgan fingerprint density at radius 3 is 2.25 bits per heavy atom. The Morgan fingerprint density at radius 2 is 1.57 bits per heavy atom. The number of benzene rings is 1. The van der Waals surface area contributed by atoms with Gasteiger partial charge in [0.25, 0.3) is 5.91 Å². The highest BCUT2D eigenvalue weighted by Crippen LogP contribution is 2.29. The number of rotatable bonds is 5. The molecule has 28 heavy (non-hydrogen) atoms. The van der Waals surface area contributed by atoms with E-state index < -0.39 is 0 Å². The summed E-state index contributed by atoms with van der Waals surface area (Å²) < 4.78 is 0. The van der Waals surface area contributed by atoms with E-state index in [0.29, 0.717) is 9.75 Å². The first kappa shape index (κ1) is 19.1. The summed E-state index contributed by atoms with van der Waals surface area (Å²) in [6.45, 7) is 5.65. The predicted octanol–water partition coefficient (Wildman–Crippen LogP) is 4.64. The highest BCUT2D eigenvalue weighted by Gasteiger charge is 2.24. The molecule has 0 spiro atoms. The van der Waals surface area contributed by atoms with E-state index in [9.17, 15) is 9.59 Å². The Balaban J connectivity index is 1.32. The van der Waals surface area contributed by atoms with Gasteiger partial charge in [-0.1, -0.05) is 30.3 Å². The third kappa shape index (κ3) is 4.24. The fourth-order valence-corrected chi connectivity index (χ4v) is 5.27. The molecule has 144 valence electrons. The van der Waals surface area contributed by atoms with Crippen LogP contribution in [0.5, 0.6) is 0 Å². The van der Waals surface area contributed by atoms with Crippen LogP contribution in [0.1, 0.15) is 31.1 Å². The first-order valence-electron chi connectivity index (χ1n) is 9.37. The van der Waals surface area contributed by atoms with Crippen LogP contribution in [0.25, 0.3) is 10.4 Å². The van der Waals surface area contributed by atoms with Gasteiger partial charge in [0.15, 0.2) is 5.78 Å². The van der Waals surface area contributed by atoms with Gasteiger partial charge in [-0.3, -0.25) is 14.5 Å². The highest BCUT2D eigenvalue weighted by molar-refractivity contribution is 7.16. The van der Waals surface area contributed by atoms with E-state index in [1.165, 1.54) is 33.6 Å². The lowest BCUT2D eigenvalue weighted by molar-refractivity contribution is 0.0634. The molecule has 0 aliphatic carbocycles. The second-order valence-corrected chi connectivity index (χ2v) is 9.17. The summed E-state index contributed by atoms with van der Waals surface area (Å²) >= 11 is 3.13. The van der Waals surface area contributed by atoms with Gasteiger partial charge in [0.05, 0.1) is 9.75 Å². The molecule has 1 fully saturated rings. The van der Waals surface area contributed by atoms with E-state index in [4.69, 9.17) is 0 Å². The number of amides is 1. The molecule has 3 aromatic rings. The normalized spacial score (nSPS) is 15.0. The monoisotopic (exact) mass is 410 g/mol. The average molecular weight is 411 g/mol. The van der Waals surface area contributed by atoms with Crippen molar-refractivity contribution in [3.05, 3.63) is 69.2 Å². The van der Waals surface area contributed by atoms with Crippen LogP contribution < -0.4 is 0 Å². The maximum absolute atomic E-state index is 12.7. The van der Waals surface area contributed by atoms with Gasteiger partial charge in [-0.2, -0.15) is 0 Å². The van der Waals surface area contributed by atoms with Crippen molar-refractivity contribution in [1.29, 1.82) is 0 Å². The molecule has 1 aromatic carbocycles. The zero-order chi connectivity index (χ0) is 19.5. The molecule has 0 N–H and O–H groups in total. The van der Waals surface area contributed by atoms with Gasteiger partial charge in [0, 0.05) is 42.5 Å². The topological polar surface area (TPSA) is 40.6 Å². The number of ketones is 1. The fourth-order valence-electron chi connectivity index (χ4n) is 3.35. The molecule has 0 radical (unpaired) electrons. The van der Waals surface area contributed by atoms with Crippen molar-refractivity contribution in [2.24, 2.45) is 0 Å². The van der Waals surface area contributed by atoms with Crippen LogP contribution in [-0.4, -0.2) is 47.7 Å². The first-order chi connectivity index (χ1) is 13.6. The Hall–Kier alpha value is -2.28. The van der Waals surface area contributed by atoms with E-state index in [2.05, 4.69) is 41.3 Å². The van der Waals surface area contributed by atoms with Gasteiger partial charge in [-0.15, -0.1) is 22.7 Å². The minimum Gasteiger partial charge on any atom is -0.335 e. The summed E-state index contributed by atoms with van der Waals surface area (Å²) in [5.74, 6) is 0.0549. The van der Waals surface area contributed by atoms with Gasteiger partial charge in [-0.25, -0.2) is 0 Å². The zero-order valence-electron chi connectivity index (χ0n) is 15.8. The highest BCUT2D eigenvalue weighted by atomic mass is 32.1. The van der Waals surface area contributed by atoms with Gasteiger partial charge < -0.3 is 4.90 Å². The maximum atomic E-state index is 12.7. The van der Waals surface area contributed by atoms with E-state index in [-0.39, 0.29) is 11.7 Å². The largest absolute Gasteiger partial charge is 0.335 e. The van der Waals surface area contributed by atoms with Crippen LogP contribution in [0.4, 0.5) is 0 Å². The summed E-state index contributed by atoms with van der Waals surface area (Å²) in [5, 5.41) is 0. The van der Waals surface area contributed by atoms with Crippen molar-refractivity contribution in [3.8, 4) is 10.4 Å². The van der Waals surface area contributed by atoms with E-state index >= 15 is 0 Å². The number of piperazine rings is 1. The van der Waals surface area contributed by atoms with Crippen molar-refractivity contribution in [1.82, 2.24) is 9.80 Å². The van der Waals surface area contributed by atoms with Crippen LogP contribution in [-0.2, 0) is 6.54 Å². The van der Waals surface area contributed by atoms with Gasteiger partial charge in [-0.05, 0) is 36.8 Å². The van der Waals surface area contributed by atoms with Crippen molar-refractivity contribution < 1.29 is 9.59 Å². The standard InChI is InChI=1S/C22H22N2O2S2/c1-16(25)19-9-10-21(28-19)22(26)24-13-11-23(12-14-24)15-18-7-8-20(27-18)17-5-3-2-4-6-17/h2-10H,11-15H2,1H3. The number of thiophene rings is 2. The lowest BCUT2D eigenvalue weighted by atomic mass is 10.2. The summed E-state index contributed by atoms with van der Waals surface area (Å²) in [6.07, 6.45) is 0. The van der Waals surface area contributed by atoms with Crippen LogP contribution in [0.2, 0.25) is 0 Å². The summed E-state index contributed by atoms with van der Waals surface area (Å²) in [6, 6.07) is 18.4. The molecule has 0 unspecified atom stereocenters. The maximum Gasteiger partial charge on any atom is 0.264 e. The smallest absolute Gasteiger partial charge is 0.264 e. The van der Waals surface area contributed by atoms with Crippen LogP contribution in [0.3, 0.4) is 0 Å². The number of carbonyl (C=O) groups excluding carboxylic acids is 2. The third-order valence-electron chi connectivity index (χ3n) is 4.92. The van der Waals surface area contributed by atoms with Crippen molar-refractivity contribution in [3.63, 3.8) is 0 Å². The van der Waals surface area contributed by atoms with Crippen LogP contribution in [0.15, 0.2) is 54.6 Å². The predicted molar refractivity (Wildman–Crippen MR) is 115 cm³/mol. The molecule has 0 bridgehead atoms. The number of carbonyl (C=O) groups is 2. The minimum absolute atomic E-state index is 0.0136. The summed E-state index contributed by atoms with van der Waals surface area (Å²) in [4.78, 5) is 32.4. The van der Waals surface area contributed by atoms with Crippen molar-refractivity contribution >= 4 is 34.4 Å². The molecule has 1 saturated heterocycles. The van der Waals surface area contributed by atoms with Crippen LogP contribution >= 0.6 is 22.7 Å². The van der Waals surface area contributed by atoms with Gasteiger partial charge in [0.1, 0.15) is 0 Å². The number of Topliss-reactive ketones (excluding diaryl/α,β-unsaturated/α-hetero) is 1. The fraction of sp³-hybridized carbons (Fsp3) is 0.273. The SMILES string of the molecule is CC(=O)c1ccc(C(=O)N2CCN(Cc3ccc(-c4ccccc4)s3)CC2)s1. The Bertz CT molecular complexity index is 969. The molecule has 2 aromatic heterocycles. The molecule has 0 saturated carbocycles. The van der Waals surface area contributed by atoms with Crippen molar-refractivity contribution in [2.45, 2.75) is 13.5 Å². The van der Waals surface area contributed by atoms with E-state index in [1.807, 2.05) is 22.3 Å². The molecular formula is C22H22N2O2S2. The lowest BCUT2D eigenvalue weighted by Crippen LogP contribution is -2.48. The number of hydrogen-bond donors (Lipinski definition) is 0. The first-order valence-corrected chi connectivity index (χ1v) is 11.0. The average Bonchev–Trinajstić information content (AvgIpc) is 3.39. The molecule has 1 aliphatic rings. The number of hydrogen-bond acceptors (Lipinski definition) is 5. The molecule has 3 heterocycles. The summed E-state index contributed by atoms with van der Waals surface area (Å²) in [7, 11) is 0. The molecular weight excluding hydrogens is 388 g/mol. The Morgan fingerprint density at radius 1 is 0.857 bits per heavy atom. The van der Waals surface area contributed by atoms with E-state index in [0.717, 1.165) is 32.7 Å². The zero-order valence-corrected chi connectivity index (χ0v) is 17.4. The molecule has 1 aliphatic heterocycles.